The van der Waals surface area contributed by atoms with Crippen molar-refractivity contribution in [2.75, 3.05) is 7.11 Å². The lowest BCUT2D eigenvalue weighted by Crippen LogP contribution is -2.19. The summed E-state index contributed by atoms with van der Waals surface area (Å²) in [5.74, 6) is 7.45. The van der Waals surface area contributed by atoms with Crippen LogP contribution in [0.2, 0.25) is 0 Å². The molecule has 0 amide bonds. The number of benzene rings is 1. The summed E-state index contributed by atoms with van der Waals surface area (Å²) < 4.78 is 5.80. The molecule has 122 valence electrons. The van der Waals surface area contributed by atoms with Gasteiger partial charge in [0.1, 0.15) is 5.75 Å². The maximum absolute atomic E-state index is 5.80. The summed E-state index contributed by atoms with van der Waals surface area (Å²) in [5.41, 5.74) is 4.08. The summed E-state index contributed by atoms with van der Waals surface area (Å²) in [6, 6.07) is 4.61. The summed E-state index contributed by atoms with van der Waals surface area (Å²) in [5, 5.41) is 0. The van der Waals surface area contributed by atoms with Crippen LogP contribution < -0.4 is 4.74 Å². The van der Waals surface area contributed by atoms with Gasteiger partial charge in [0, 0.05) is 24.0 Å². The lowest BCUT2D eigenvalue weighted by Gasteiger charge is -2.30. The van der Waals surface area contributed by atoms with Gasteiger partial charge in [-0.25, -0.2) is 0 Å². The van der Waals surface area contributed by atoms with Gasteiger partial charge in [-0.15, -0.1) is 11.8 Å². The molecular weight excluding hydrogens is 268 g/mol. The van der Waals surface area contributed by atoms with E-state index in [-0.39, 0.29) is 10.8 Å². The van der Waals surface area contributed by atoms with Crippen LogP contribution in [0.15, 0.2) is 12.1 Å². The van der Waals surface area contributed by atoms with Crippen LogP contribution >= 0.6 is 0 Å². The van der Waals surface area contributed by atoms with E-state index < -0.39 is 0 Å². The third kappa shape index (κ3) is 4.80. The average Bonchev–Trinajstić information content (AvgIpc) is 2.40. The van der Waals surface area contributed by atoms with Crippen molar-refractivity contribution in [3.63, 3.8) is 0 Å². The molecule has 0 aliphatic carbocycles. The van der Waals surface area contributed by atoms with Crippen molar-refractivity contribution in [3.05, 3.63) is 28.8 Å². The number of hydrogen-bond donors (Lipinski definition) is 0. The monoisotopic (exact) mass is 300 g/mol. The SMILES string of the molecule is CCC#CCCc1cc(C(C)(C)C)c(OC)c(C(C)(C)C)c1. The quantitative estimate of drug-likeness (QED) is 0.657. The zero-order valence-electron chi connectivity index (χ0n) is 15.7. The zero-order valence-corrected chi connectivity index (χ0v) is 15.7. The molecule has 0 radical (unpaired) electrons. The Morgan fingerprint density at radius 1 is 0.909 bits per heavy atom. The first-order valence-corrected chi connectivity index (χ1v) is 8.28. The highest BCUT2D eigenvalue weighted by atomic mass is 16.5. The van der Waals surface area contributed by atoms with Gasteiger partial charge < -0.3 is 4.74 Å². The van der Waals surface area contributed by atoms with Crippen LogP contribution in [0.5, 0.6) is 5.75 Å². The Bertz CT molecular complexity index is 521. The Morgan fingerprint density at radius 3 is 1.77 bits per heavy atom. The van der Waals surface area contributed by atoms with Crippen molar-refractivity contribution in [2.45, 2.75) is 78.6 Å². The van der Waals surface area contributed by atoms with Gasteiger partial charge in [0.05, 0.1) is 7.11 Å². The van der Waals surface area contributed by atoms with E-state index in [1.165, 1.54) is 16.7 Å². The molecular formula is C21H32O. The van der Waals surface area contributed by atoms with Gasteiger partial charge in [-0.05, 0) is 22.8 Å². The van der Waals surface area contributed by atoms with E-state index in [4.69, 9.17) is 4.74 Å². The molecule has 0 saturated heterocycles. The lowest BCUT2D eigenvalue weighted by molar-refractivity contribution is 0.381. The van der Waals surface area contributed by atoms with Crippen LogP contribution in [0.4, 0.5) is 0 Å². The molecule has 0 fully saturated rings. The van der Waals surface area contributed by atoms with E-state index in [0.717, 1.165) is 25.0 Å². The van der Waals surface area contributed by atoms with E-state index in [1.54, 1.807) is 7.11 Å². The highest BCUT2D eigenvalue weighted by molar-refractivity contribution is 5.51. The fourth-order valence-electron chi connectivity index (χ4n) is 2.59. The van der Waals surface area contributed by atoms with Crippen LogP contribution in [-0.4, -0.2) is 7.11 Å². The van der Waals surface area contributed by atoms with Crippen LogP contribution in [0, 0.1) is 11.8 Å². The van der Waals surface area contributed by atoms with Gasteiger partial charge in [-0.3, -0.25) is 0 Å². The van der Waals surface area contributed by atoms with Crippen LogP contribution in [0.25, 0.3) is 0 Å². The molecule has 0 saturated carbocycles. The molecule has 0 aliphatic rings. The maximum Gasteiger partial charge on any atom is 0.126 e. The van der Waals surface area contributed by atoms with Gasteiger partial charge in [0.15, 0.2) is 0 Å². The predicted molar refractivity (Wildman–Crippen MR) is 96.8 cm³/mol. The normalized spacial score (nSPS) is 11.8. The Labute approximate surface area is 137 Å². The van der Waals surface area contributed by atoms with Crippen molar-refractivity contribution < 1.29 is 4.74 Å². The third-order valence-electron chi connectivity index (χ3n) is 3.81. The Balaban J connectivity index is 3.37. The van der Waals surface area contributed by atoms with E-state index in [0.29, 0.717) is 0 Å². The molecule has 1 nitrogen and oxygen atoms in total. The first kappa shape index (κ1) is 18.6. The molecule has 0 N–H and O–H groups in total. The van der Waals surface area contributed by atoms with Gasteiger partial charge in [-0.1, -0.05) is 60.6 Å². The summed E-state index contributed by atoms with van der Waals surface area (Å²) >= 11 is 0. The second-order valence-electron chi connectivity index (χ2n) is 7.93. The largest absolute Gasteiger partial charge is 0.496 e. The molecule has 0 bridgehead atoms. The average molecular weight is 300 g/mol. The summed E-state index contributed by atoms with van der Waals surface area (Å²) in [4.78, 5) is 0. The molecule has 22 heavy (non-hydrogen) atoms. The predicted octanol–water partition coefficient (Wildman–Crippen LogP) is 5.64. The van der Waals surface area contributed by atoms with Crippen molar-refractivity contribution in [2.24, 2.45) is 0 Å². The first-order valence-electron chi connectivity index (χ1n) is 8.28. The van der Waals surface area contributed by atoms with Gasteiger partial charge in [0.25, 0.3) is 0 Å². The summed E-state index contributed by atoms with van der Waals surface area (Å²) in [6.45, 7) is 15.6. The Morgan fingerprint density at radius 2 is 1.41 bits per heavy atom. The van der Waals surface area contributed by atoms with Crippen molar-refractivity contribution in [1.29, 1.82) is 0 Å². The lowest BCUT2D eigenvalue weighted by atomic mass is 9.78. The zero-order chi connectivity index (χ0) is 17.0. The van der Waals surface area contributed by atoms with Gasteiger partial charge in [-0.2, -0.15) is 0 Å². The van der Waals surface area contributed by atoms with E-state index in [1.807, 2.05) is 0 Å². The highest BCUT2D eigenvalue weighted by Crippen LogP contribution is 2.40. The van der Waals surface area contributed by atoms with Crippen molar-refractivity contribution in [1.82, 2.24) is 0 Å². The Hall–Kier alpha value is -1.42. The minimum atomic E-state index is 0.0659. The molecule has 1 heteroatoms. The van der Waals surface area contributed by atoms with Crippen LogP contribution in [-0.2, 0) is 17.3 Å². The van der Waals surface area contributed by atoms with Gasteiger partial charge in [0.2, 0.25) is 0 Å². The Kier molecular flexibility index (Phi) is 6.12. The second kappa shape index (κ2) is 7.23. The van der Waals surface area contributed by atoms with E-state index in [9.17, 15) is 0 Å². The van der Waals surface area contributed by atoms with Crippen molar-refractivity contribution >= 4 is 0 Å². The number of hydrogen-bond acceptors (Lipinski definition) is 1. The molecule has 0 heterocycles. The second-order valence-corrected chi connectivity index (χ2v) is 7.93. The first-order chi connectivity index (χ1) is 10.1. The fraction of sp³-hybridized carbons (Fsp3) is 0.619. The smallest absolute Gasteiger partial charge is 0.126 e. The maximum atomic E-state index is 5.80. The van der Waals surface area contributed by atoms with Crippen LogP contribution in [0.3, 0.4) is 0 Å². The molecule has 1 aromatic carbocycles. The molecule has 1 aromatic rings. The topological polar surface area (TPSA) is 9.23 Å². The number of ether oxygens (including phenoxy) is 1. The molecule has 0 aromatic heterocycles. The minimum absolute atomic E-state index is 0.0659. The van der Waals surface area contributed by atoms with Gasteiger partial charge >= 0.3 is 0 Å². The molecule has 0 atom stereocenters. The van der Waals surface area contributed by atoms with Crippen molar-refractivity contribution in [3.8, 4) is 17.6 Å². The number of methoxy groups -OCH3 is 1. The summed E-state index contributed by atoms with van der Waals surface area (Å²) in [7, 11) is 1.78. The molecule has 0 spiro atoms. The number of rotatable bonds is 3. The third-order valence-corrected chi connectivity index (χ3v) is 3.81. The van der Waals surface area contributed by atoms with Crippen LogP contribution in [0.1, 0.15) is 78.0 Å². The number of aryl methyl sites for hydroxylation is 1. The van der Waals surface area contributed by atoms with E-state index >= 15 is 0 Å². The molecule has 0 aliphatic heterocycles. The molecule has 0 unspecified atom stereocenters. The standard InChI is InChI=1S/C21H32O/c1-9-10-11-12-13-16-14-17(20(2,3)4)19(22-8)18(15-16)21(5,6)7/h14-15H,9,12-13H2,1-8H3. The fourth-order valence-corrected chi connectivity index (χ4v) is 2.59. The minimum Gasteiger partial charge on any atom is -0.496 e. The molecule has 1 rings (SSSR count). The highest BCUT2D eigenvalue weighted by Gasteiger charge is 2.27. The van der Waals surface area contributed by atoms with E-state index in [2.05, 4.69) is 72.4 Å². The summed E-state index contributed by atoms with van der Waals surface area (Å²) in [6.07, 6.45) is 2.86.